The quantitative estimate of drug-likeness (QED) is 0.648. The molecule has 0 radical (unpaired) electrons. The van der Waals surface area contributed by atoms with Gasteiger partial charge in [0, 0.05) is 12.6 Å². The largest absolute Gasteiger partial charge is 0.451 e. The molecule has 15 heavy (non-hydrogen) atoms. The fraction of sp³-hybridized carbons (Fsp3) is 0.500. The summed E-state index contributed by atoms with van der Waals surface area (Å²) in [7, 11) is 0. The summed E-state index contributed by atoms with van der Waals surface area (Å²) in [6.07, 6.45) is -2.84. The zero-order valence-corrected chi connectivity index (χ0v) is 9.04. The number of hydrogen-bond acceptors (Lipinski definition) is 4. The normalized spacial score (nSPS) is 11.5. The van der Waals surface area contributed by atoms with Gasteiger partial charge in [-0.3, -0.25) is 0 Å². The van der Waals surface area contributed by atoms with Crippen LogP contribution in [0.15, 0.2) is 11.1 Å². The van der Waals surface area contributed by atoms with Crippen LogP contribution in [-0.2, 0) is 6.18 Å². The third-order valence-corrected chi connectivity index (χ3v) is 2.15. The minimum Gasteiger partial charge on any atom is -0.370 e. The van der Waals surface area contributed by atoms with Crippen molar-refractivity contribution in [3.63, 3.8) is 0 Å². The average Bonchev–Trinajstić information content (AvgIpc) is 2.16. The molecule has 1 aromatic heterocycles. The lowest BCUT2D eigenvalue weighted by Crippen LogP contribution is -2.13. The Morgan fingerprint density at radius 2 is 2.07 bits per heavy atom. The molecule has 0 atom stereocenters. The summed E-state index contributed by atoms with van der Waals surface area (Å²) in [5.41, 5.74) is 0. The Hall–Kier alpha value is -0.980. The third-order valence-electron chi connectivity index (χ3n) is 1.52. The topological polar surface area (TPSA) is 37.8 Å². The molecule has 0 fully saturated rings. The maximum absolute atomic E-state index is 12.4. The number of hydrogen-bond donors (Lipinski definition) is 1. The zero-order chi connectivity index (χ0) is 11.5. The summed E-state index contributed by atoms with van der Waals surface area (Å²) in [6.45, 7) is 2.30. The van der Waals surface area contributed by atoms with E-state index >= 15 is 0 Å². The van der Waals surface area contributed by atoms with Crippen LogP contribution in [0.5, 0.6) is 0 Å². The van der Waals surface area contributed by atoms with Crippen LogP contribution >= 0.6 is 11.8 Å². The maximum atomic E-state index is 12.4. The molecule has 0 aliphatic rings. The number of alkyl halides is 3. The molecule has 0 saturated heterocycles. The molecule has 0 spiro atoms. The van der Waals surface area contributed by atoms with E-state index < -0.39 is 12.0 Å². The fourth-order valence-corrected chi connectivity index (χ4v) is 1.34. The molecule has 1 N–H and O–H groups in total. The maximum Gasteiger partial charge on any atom is 0.451 e. The van der Waals surface area contributed by atoms with Gasteiger partial charge in [-0.25, -0.2) is 9.97 Å². The van der Waals surface area contributed by atoms with E-state index in [1.807, 2.05) is 0 Å². The monoisotopic (exact) mass is 237 g/mol. The fourth-order valence-electron chi connectivity index (χ4n) is 0.928. The summed E-state index contributed by atoms with van der Waals surface area (Å²) >= 11 is 1.15. The van der Waals surface area contributed by atoms with Crippen molar-refractivity contribution >= 4 is 17.6 Å². The SMILES string of the molecule is CCNc1cc(SC)nc(C(F)(F)F)n1. The number of halogens is 3. The van der Waals surface area contributed by atoms with E-state index in [0.717, 1.165) is 11.8 Å². The van der Waals surface area contributed by atoms with Gasteiger partial charge in [0.05, 0.1) is 0 Å². The first kappa shape index (κ1) is 12.1. The lowest BCUT2D eigenvalue weighted by atomic mass is 10.5. The van der Waals surface area contributed by atoms with Crippen LogP contribution in [0.3, 0.4) is 0 Å². The van der Waals surface area contributed by atoms with Crippen LogP contribution in [0.25, 0.3) is 0 Å². The zero-order valence-electron chi connectivity index (χ0n) is 8.22. The summed E-state index contributed by atoms with van der Waals surface area (Å²) < 4.78 is 37.1. The molecular formula is C8H10F3N3S. The van der Waals surface area contributed by atoms with Crippen molar-refractivity contribution in [1.29, 1.82) is 0 Å². The molecule has 0 bridgehead atoms. The van der Waals surface area contributed by atoms with E-state index in [9.17, 15) is 13.2 Å². The molecule has 1 rings (SSSR count). The number of aromatic nitrogens is 2. The van der Waals surface area contributed by atoms with Crippen molar-refractivity contribution in [1.82, 2.24) is 9.97 Å². The van der Waals surface area contributed by atoms with Gasteiger partial charge in [0.2, 0.25) is 5.82 Å². The lowest BCUT2D eigenvalue weighted by molar-refractivity contribution is -0.145. The number of rotatable bonds is 3. The van der Waals surface area contributed by atoms with Gasteiger partial charge in [-0.15, -0.1) is 11.8 Å². The Bertz CT molecular complexity index is 340. The van der Waals surface area contributed by atoms with E-state index in [1.54, 1.807) is 13.2 Å². The van der Waals surface area contributed by atoms with Crippen molar-refractivity contribution < 1.29 is 13.2 Å². The molecule has 3 nitrogen and oxygen atoms in total. The Balaban J connectivity index is 3.11. The van der Waals surface area contributed by atoms with Crippen LogP contribution in [0.1, 0.15) is 12.7 Å². The lowest BCUT2D eigenvalue weighted by Gasteiger charge is -2.09. The number of nitrogens with one attached hydrogen (secondary N) is 1. The summed E-state index contributed by atoms with van der Waals surface area (Å²) in [4.78, 5) is 6.77. The van der Waals surface area contributed by atoms with Gasteiger partial charge in [-0.2, -0.15) is 13.2 Å². The van der Waals surface area contributed by atoms with Gasteiger partial charge in [0.1, 0.15) is 10.8 Å². The Morgan fingerprint density at radius 3 is 2.53 bits per heavy atom. The predicted molar refractivity (Wildman–Crippen MR) is 53.0 cm³/mol. The molecule has 0 saturated carbocycles. The van der Waals surface area contributed by atoms with Gasteiger partial charge in [0.25, 0.3) is 0 Å². The summed E-state index contributed by atoms with van der Waals surface area (Å²) in [5, 5.41) is 3.03. The first-order valence-corrected chi connectivity index (χ1v) is 5.44. The highest BCUT2D eigenvalue weighted by atomic mass is 32.2. The predicted octanol–water partition coefficient (Wildman–Crippen LogP) is 2.65. The van der Waals surface area contributed by atoms with Crippen LogP contribution in [-0.4, -0.2) is 22.8 Å². The van der Waals surface area contributed by atoms with Gasteiger partial charge in [-0.1, -0.05) is 0 Å². The van der Waals surface area contributed by atoms with Crippen molar-refractivity contribution in [3.05, 3.63) is 11.9 Å². The van der Waals surface area contributed by atoms with Gasteiger partial charge >= 0.3 is 6.18 Å². The standard InChI is InChI=1S/C8H10F3N3S/c1-3-12-5-4-6(15-2)14-7(13-5)8(9,10)11/h4H,3H2,1-2H3,(H,12,13,14). The summed E-state index contributed by atoms with van der Waals surface area (Å²) in [5.74, 6) is -0.908. The minimum atomic E-state index is -4.50. The molecule has 0 amide bonds. The smallest absolute Gasteiger partial charge is 0.370 e. The molecule has 0 unspecified atom stereocenters. The van der Waals surface area contributed by atoms with Gasteiger partial charge in [-0.05, 0) is 13.2 Å². The van der Waals surface area contributed by atoms with Crippen LogP contribution < -0.4 is 5.32 Å². The van der Waals surface area contributed by atoms with Gasteiger partial charge < -0.3 is 5.32 Å². The van der Waals surface area contributed by atoms with Crippen LogP contribution in [0.4, 0.5) is 19.0 Å². The van der Waals surface area contributed by atoms with Crippen LogP contribution in [0.2, 0.25) is 0 Å². The highest BCUT2D eigenvalue weighted by Gasteiger charge is 2.35. The van der Waals surface area contributed by atoms with E-state index in [2.05, 4.69) is 15.3 Å². The second-order valence-electron chi connectivity index (χ2n) is 2.65. The van der Waals surface area contributed by atoms with Crippen molar-refractivity contribution in [3.8, 4) is 0 Å². The molecule has 7 heteroatoms. The molecule has 0 aromatic carbocycles. The Morgan fingerprint density at radius 1 is 1.40 bits per heavy atom. The first-order chi connectivity index (χ1) is 6.97. The van der Waals surface area contributed by atoms with E-state index in [-0.39, 0.29) is 5.82 Å². The van der Waals surface area contributed by atoms with E-state index in [1.165, 1.54) is 6.07 Å². The molecule has 1 heterocycles. The second kappa shape index (κ2) is 4.69. The van der Waals surface area contributed by atoms with Crippen molar-refractivity contribution in [2.45, 2.75) is 18.1 Å². The molecule has 1 aromatic rings. The van der Waals surface area contributed by atoms with Gasteiger partial charge in [0.15, 0.2) is 0 Å². The number of thioether (sulfide) groups is 1. The van der Waals surface area contributed by atoms with Crippen molar-refractivity contribution in [2.75, 3.05) is 18.1 Å². The molecule has 0 aliphatic carbocycles. The summed E-state index contributed by atoms with van der Waals surface area (Å²) in [6, 6.07) is 1.49. The second-order valence-corrected chi connectivity index (χ2v) is 3.47. The van der Waals surface area contributed by atoms with E-state index in [0.29, 0.717) is 11.6 Å². The number of anilines is 1. The van der Waals surface area contributed by atoms with Crippen LogP contribution in [0, 0.1) is 0 Å². The molecule has 84 valence electrons. The highest BCUT2D eigenvalue weighted by Crippen LogP contribution is 2.28. The van der Waals surface area contributed by atoms with E-state index in [4.69, 9.17) is 0 Å². The third kappa shape index (κ3) is 3.26. The Kier molecular flexibility index (Phi) is 3.78. The molecule has 0 aliphatic heterocycles. The number of nitrogens with zero attached hydrogens (tertiary/aromatic N) is 2. The first-order valence-electron chi connectivity index (χ1n) is 4.21. The Labute approximate surface area is 89.5 Å². The van der Waals surface area contributed by atoms with Crippen molar-refractivity contribution in [2.24, 2.45) is 0 Å². The molecular weight excluding hydrogens is 227 g/mol. The average molecular weight is 237 g/mol. The minimum absolute atomic E-state index is 0.198. The highest BCUT2D eigenvalue weighted by molar-refractivity contribution is 7.98.